The van der Waals surface area contributed by atoms with E-state index in [9.17, 15) is 9.59 Å². The van der Waals surface area contributed by atoms with Crippen LogP contribution in [-0.4, -0.2) is 41.0 Å². The van der Waals surface area contributed by atoms with Gasteiger partial charge in [0.25, 0.3) is 5.91 Å². The third-order valence-corrected chi connectivity index (χ3v) is 4.86. The van der Waals surface area contributed by atoms with E-state index >= 15 is 0 Å². The minimum absolute atomic E-state index is 0.302. The zero-order valence-electron chi connectivity index (χ0n) is 18.3. The number of carbonyl (C=O) groups is 2. The van der Waals surface area contributed by atoms with Gasteiger partial charge in [0.05, 0.1) is 13.3 Å². The van der Waals surface area contributed by atoms with Crippen LogP contribution >= 0.6 is 0 Å². The van der Waals surface area contributed by atoms with E-state index in [0.717, 1.165) is 17.1 Å². The molecule has 2 aromatic carbocycles. The normalized spacial score (nSPS) is 11.9. The number of ether oxygens (including phenoxy) is 2. The van der Waals surface area contributed by atoms with Crippen molar-refractivity contribution in [3.05, 3.63) is 77.1 Å². The van der Waals surface area contributed by atoms with Crippen molar-refractivity contribution in [2.75, 3.05) is 7.11 Å². The molecule has 0 bridgehead atoms. The van der Waals surface area contributed by atoms with Crippen LogP contribution in [0.2, 0.25) is 0 Å². The molecule has 3 rings (SSSR count). The number of hydrogen-bond acceptors (Lipinski definition) is 5. The average Bonchev–Trinajstić information content (AvgIpc) is 3.12. The Kier molecular flexibility index (Phi) is 6.94. The van der Waals surface area contributed by atoms with Crippen molar-refractivity contribution >= 4 is 18.1 Å². The van der Waals surface area contributed by atoms with E-state index in [1.165, 1.54) is 20.2 Å². The summed E-state index contributed by atoms with van der Waals surface area (Å²) in [5.74, 6) is -0.756. The minimum Gasteiger partial charge on any atom is -0.493 e. The Morgan fingerprint density at radius 2 is 1.78 bits per heavy atom. The summed E-state index contributed by atoms with van der Waals surface area (Å²) >= 11 is 0. The number of rotatable bonds is 8. The first-order valence-corrected chi connectivity index (χ1v) is 9.96. The first-order chi connectivity index (χ1) is 15.3. The molecule has 0 spiro atoms. The van der Waals surface area contributed by atoms with Gasteiger partial charge in [0.1, 0.15) is 0 Å². The fourth-order valence-electron chi connectivity index (χ4n) is 3.19. The Balaban J connectivity index is 1.70. The number of hydrazone groups is 1. The van der Waals surface area contributed by atoms with E-state index in [0.29, 0.717) is 22.6 Å². The molecule has 0 aliphatic heterocycles. The van der Waals surface area contributed by atoms with Gasteiger partial charge >= 0.3 is 5.97 Å². The van der Waals surface area contributed by atoms with Gasteiger partial charge in [-0.15, -0.1) is 0 Å². The molecule has 3 aromatic rings. The first-order valence-electron chi connectivity index (χ1n) is 9.96. The number of hydrogen-bond donors (Lipinski definition) is 2. The van der Waals surface area contributed by atoms with E-state index in [1.54, 1.807) is 24.3 Å². The van der Waals surface area contributed by atoms with Crippen molar-refractivity contribution in [2.24, 2.45) is 5.10 Å². The highest BCUT2D eigenvalue weighted by atomic mass is 16.5. The first kappa shape index (κ1) is 22.6. The molecule has 1 atom stereocenters. The number of amides is 1. The van der Waals surface area contributed by atoms with Crippen molar-refractivity contribution in [1.82, 2.24) is 9.99 Å². The molecule has 0 radical (unpaired) electrons. The number of aromatic nitrogens is 1. The zero-order valence-corrected chi connectivity index (χ0v) is 18.3. The highest BCUT2D eigenvalue weighted by molar-refractivity contribution is 5.95. The quantitative estimate of drug-likeness (QED) is 0.415. The van der Waals surface area contributed by atoms with Crippen LogP contribution in [0, 0.1) is 13.8 Å². The van der Waals surface area contributed by atoms with Gasteiger partial charge in [0, 0.05) is 22.6 Å². The molecule has 0 saturated heterocycles. The number of carboxylic acids is 1. The van der Waals surface area contributed by atoms with Crippen molar-refractivity contribution in [2.45, 2.75) is 26.9 Å². The van der Waals surface area contributed by atoms with E-state index in [1.807, 2.05) is 44.2 Å². The van der Waals surface area contributed by atoms with Crippen LogP contribution in [-0.2, 0) is 4.79 Å². The van der Waals surface area contributed by atoms with Crippen LogP contribution in [0.25, 0.3) is 5.69 Å². The van der Waals surface area contributed by atoms with Crippen LogP contribution in [0.3, 0.4) is 0 Å². The van der Waals surface area contributed by atoms with E-state index < -0.39 is 12.1 Å². The van der Waals surface area contributed by atoms with Gasteiger partial charge in [0.2, 0.25) is 0 Å². The molecular formula is C24H25N3O5. The van der Waals surface area contributed by atoms with Crippen LogP contribution in [0.15, 0.2) is 59.7 Å². The SMILES string of the molecule is COc1cc(/C=N\NC(=O)c2cccc(-n3c(C)ccc3C)c2)ccc1O[C@H](C)C(=O)O. The van der Waals surface area contributed by atoms with Crippen molar-refractivity contribution < 1.29 is 24.2 Å². The predicted molar refractivity (Wildman–Crippen MR) is 121 cm³/mol. The van der Waals surface area contributed by atoms with Gasteiger partial charge in [-0.1, -0.05) is 6.07 Å². The number of carboxylic acid groups (broad SMARTS) is 1. The third kappa shape index (κ3) is 5.15. The fraction of sp³-hybridized carbons (Fsp3) is 0.208. The molecule has 0 fully saturated rings. The molecule has 8 heteroatoms. The Labute approximate surface area is 186 Å². The molecule has 1 heterocycles. The van der Waals surface area contributed by atoms with Gasteiger partial charge < -0.3 is 19.1 Å². The second-order valence-electron chi connectivity index (χ2n) is 7.21. The summed E-state index contributed by atoms with van der Waals surface area (Å²) in [5, 5.41) is 13.0. The van der Waals surface area contributed by atoms with Crippen molar-refractivity contribution in [3.8, 4) is 17.2 Å². The van der Waals surface area contributed by atoms with E-state index in [2.05, 4.69) is 15.1 Å². The molecule has 0 aliphatic rings. The maximum atomic E-state index is 12.6. The summed E-state index contributed by atoms with van der Waals surface area (Å²) in [6.45, 7) is 5.45. The average molecular weight is 435 g/mol. The fourth-order valence-corrected chi connectivity index (χ4v) is 3.19. The number of carbonyl (C=O) groups excluding carboxylic acids is 1. The molecule has 32 heavy (non-hydrogen) atoms. The molecule has 0 aliphatic carbocycles. The largest absolute Gasteiger partial charge is 0.493 e. The lowest BCUT2D eigenvalue weighted by Crippen LogP contribution is -2.23. The highest BCUT2D eigenvalue weighted by Crippen LogP contribution is 2.28. The molecule has 0 unspecified atom stereocenters. The summed E-state index contributed by atoms with van der Waals surface area (Å²) in [6.07, 6.45) is 0.451. The smallest absolute Gasteiger partial charge is 0.344 e. The Bertz CT molecular complexity index is 1150. The van der Waals surface area contributed by atoms with E-state index in [-0.39, 0.29) is 5.91 Å². The van der Waals surface area contributed by atoms with Crippen LogP contribution in [0.1, 0.15) is 34.2 Å². The molecule has 1 amide bonds. The van der Waals surface area contributed by atoms with Crippen molar-refractivity contribution in [3.63, 3.8) is 0 Å². The van der Waals surface area contributed by atoms with Gasteiger partial charge in [-0.3, -0.25) is 4.79 Å². The Morgan fingerprint density at radius 3 is 2.44 bits per heavy atom. The Morgan fingerprint density at radius 1 is 1.06 bits per heavy atom. The van der Waals surface area contributed by atoms with Crippen LogP contribution in [0.4, 0.5) is 0 Å². The van der Waals surface area contributed by atoms with Gasteiger partial charge in [0.15, 0.2) is 17.6 Å². The number of aryl methyl sites for hydroxylation is 2. The molecule has 166 valence electrons. The molecular weight excluding hydrogens is 410 g/mol. The van der Waals surface area contributed by atoms with Gasteiger partial charge in [-0.25, -0.2) is 10.2 Å². The van der Waals surface area contributed by atoms with Crippen LogP contribution in [0.5, 0.6) is 11.5 Å². The van der Waals surface area contributed by atoms with Crippen molar-refractivity contribution in [1.29, 1.82) is 0 Å². The molecule has 2 N–H and O–H groups in total. The highest BCUT2D eigenvalue weighted by Gasteiger charge is 2.15. The predicted octanol–water partition coefficient (Wildman–Crippen LogP) is 3.72. The third-order valence-electron chi connectivity index (χ3n) is 4.86. The second kappa shape index (κ2) is 9.82. The maximum absolute atomic E-state index is 12.6. The number of methoxy groups -OCH3 is 1. The van der Waals surface area contributed by atoms with Gasteiger partial charge in [-0.05, 0) is 74.9 Å². The summed E-state index contributed by atoms with van der Waals surface area (Å²) in [5.41, 5.74) is 6.71. The summed E-state index contributed by atoms with van der Waals surface area (Å²) in [7, 11) is 1.46. The van der Waals surface area contributed by atoms with Gasteiger partial charge in [-0.2, -0.15) is 5.10 Å². The lowest BCUT2D eigenvalue weighted by Gasteiger charge is -2.14. The van der Waals surface area contributed by atoms with E-state index in [4.69, 9.17) is 14.6 Å². The number of nitrogens with one attached hydrogen (secondary N) is 1. The standard InChI is InChI=1S/C24H25N3O5/c1-15-8-9-16(2)27(15)20-7-5-6-19(13-20)23(28)26-25-14-18-10-11-21(22(12-18)31-4)32-17(3)24(29)30/h5-14,17H,1-4H3,(H,26,28)(H,29,30)/b25-14-/t17-/m1/s1. The zero-order chi connectivity index (χ0) is 23.3. The summed E-state index contributed by atoms with van der Waals surface area (Å²) < 4.78 is 12.7. The second-order valence-corrected chi connectivity index (χ2v) is 7.21. The van der Waals surface area contributed by atoms with Crippen LogP contribution < -0.4 is 14.9 Å². The number of benzene rings is 2. The molecule has 0 saturated carbocycles. The summed E-state index contributed by atoms with van der Waals surface area (Å²) in [6, 6.07) is 16.3. The maximum Gasteiger partial charge on any atom is 0.344 e. The lowest BCUT2D eigenvalue weighted by atomic mass is 10.2. The topological polar surface area (TPSA) is 102 Å². The minimum atomic E-state index is -1.08. The lowest BCUT2D eigenvalue weighted by molar-refractivity contribution is -0.144. The number of nitrogens with zero attached hydrogens (tertiary/aromatic N) is 2. The number of aliphatic carboxylic acids is 1. The molecule has 1 aromatic heterocycles. The molecule has 8 nitrogen and oxygen atoms in total. The summed E-state index contributed by atoms with van der Waals surface area (Å²) in [4.78, 5) is 23.5. The Hall–Kier alpha value is -4.07. The monoisotopic (exact) mass is 435 g/mol.